The van der Waals surface area contributed by atoms with Crippen molar-refractivity contribution >= 4 is 21.9 Å². The largest absolute Gasteiger partial charge is 0.475 e. The highest BCUT2D eigenvalue weighted by molar-refractivity contribution is 7.92. The van der Waals surface area contributed by atoms with E-state index in [0.29, 0.717) is 35.3 Å². The number of anilines is 1. The zero-order valence-electron chi connectivity index (χ0n) is 29.8. The monoisotopic (exact) mass is 684 g/mol. The van der Waals surface area contributed by atoms with Gasteiger partial charge in [-0.15, -0.1) is 0 Å². The van der Waals surface area contributed by atoms with Crippen LogP contribution in [-0.2, 0) is 29.4 Å². The van der Waals surface area contributed by atoms with Crippen LogP contribution < -0.4 is 9.46 Å². The molecule has 4 aromatic rings. The first-order valence-corrected chi connectivity index (χ1v) is 18.5. The van der Waals surface area contributed by atoms with Crippen LogP contribution in [0.15, 0.2) is 59.8 Å². The maximum atomic E-state index is 14.4. The molecule has 0 spiro atoms. The Bertz CT molecular complexity index is 1910. The van der Waals surface area contributed by atoms with Crippen LogP contribution in [-0.4, -0.2) is 51.8 Å². The van der Waals surface area contributed by atoms with E-state index in [1.807, 2.05) is 38.4 Å². The van der Waals surface area contributed by atoms with Crippen LogP contribution in [0.25, 0.3) is 11.3 Å². The van der Waals surface area contributed by atoms with Crippen molar-refractivity contribution in [2.24, 2.45) is 17.8 Å². The number of fused-ring (bicyclic) bond motifs is 4. The molecule has 2 aromatic heterocycles. The minimum Gasteiger partial charge on any atom is -0.475 e. The van der Waals surface area contributed by atoms with Crippen molar-refractivity contribution in [2.45, 2.75) is 92.1 Å². The van der Waals surface area contributed by atoms with Crippen molar-refractivity contribution in [3.05, 3.63) is 88.5 Å². The number of benzene rings is 2. The normalized spacial score (nSPS) is 16.2. The number of carbonyl (C=O) groups excluding carboxylic acids is 1. The van der Waals surface area contributed by atoms with Gasteiger partial charge in [0.05, 0.1) is 23.2 Å². The molecule has 1 aliphatic heterocycles. The zero-order chi connectivity index (χ0) is 35.5. The van der Waals surface area contributed by atoms with Gasteiger partial charge in [0.15, 0.2) is 0 Å². The lowest BCUT2D eigenvalue weighted by molar-refractivity contribution is 0.0545. The Morgan fingerprint density at radius 3 is 2.29 bits per heavy atom. The maximum Gasteiger partial charge on any atom is 0.264 e. The van der Waals surface area contributed by atoms with Gasteiger partial charge < -0.3 is 9.64 Å². The molecule has 0 saturated heterocycles. The number of nitrogens with zero attached hydrogens (tertiary/aromatic N) is 5. The van der Waals surface area contributed by atoms with Crippen LogP contribution in [0, 0.1) is 31.6 Å². The summed E-state index contributed by atoms with van der Waals surface area (Å²) >= 11 is 0. The van der Waals surface area contributed by atoms with Gasteiger partial charge in [0.1, 0.15) is 12.4 Å². The van der Waals surface area contributed by atoms with E-state index < -0.39 is 16.1 Å². The Hall–Kier alpha value is -4.38. The van der Waals surface area contributed by atoms with E-state index in [1.54, 1.807) is 17.0 Å². The molecule has 260 valence electrons. The molecule has 1 amide bonds. The second-order valence-corrected chi connectivity index (χ2v) is 16.0. The molecule has 0 unspecified atom stereocenters. The van der Waals surface area contributed by atoms with Gasteiger partial charge >= 0.3 is 0 Å². The highest BCUT2D eigenvalue weighted by Gasteiger charge is 2.30. The Morgan fingerprint density at radius 2 is 1.61 bits per heavy atom. The standard InChI is InChI=1S/C38H48N6O4S/c1-23(2)15-28-19-39-33(40-20-28)21-44-31(17-25(5)6)22-48-36-27(8)35(34-26(7)11-9-12-29(34)16-24(3)4)41-38(42-36)43-49(46,47)32-14-10-13-30(18-32)37(44)45/h9-14,18-20,23-25,31H,15-17,21-22H2,1-8H3,(H,41,42,43)/t31-/m1/s1. The minimum atomic E-state index is -4.18. The molecule has 11 heteroatoms. The molecular weight excluding hydrogens is 637 g/mol. The highest BCUT2D eigenvalue weighted by atomic mass is 32.2. The van der Waals surface area contributed by atoms with Crippen LogP contribution in [0.5, 0.6) is 5.88 Å². The summed E-state index contributed by atoms with van der Waals surface area (Å²) in [5.41, 5.74) is 5.59. The lowest BCUT2D eigenvalue weighted by Crippen LogP contribution is -2.44. The first-order valence-electron chi connectivity index (χ1n) is 17.1. The van der Waals surface area contributed by atoms with Crippen molar-refractivity contribution in [1.29, 1.82) is 0 Å². The number of ether oxygens (including phenoxy) is 1. The van der Waals surface area contributed by atoms with Crippen molar-refractivity contribution in [2.75, 3.05) is 11.3 Å². The molecule has 2 aromatic carbocycles. The zero-order valence-corrected chi connectivity index (χ0v) is 30.6. The first kappa shape index (κ1) is 35.9. The van der Waals surface area contributed by atoms with Crippen molar-refractivity contribution < 1.29 is 17.9 Å². The number of aryl methyl sites for hydroxylation is 1. The van der Waals surface area contributed by atoms with E-state index in [-0.39, 0.29) is 47.3 Å². The average molecular weight is 685 g/mol. The fraction of sp³-hybridized carbons (Fsp3) is 0.447. The van der Waals surface area contributed by atoms with Gasteiger partial charge in [-0.05, 0) is 85.8 Å². The van der Waals surface area contributed by atoms with Gasteiger partial charge in [-0.2, -0.15) is 4.98 Å². The van der Waals surface area contributed by atoms with Crippen molar-refractivity contribution in [3.63, 3.8) is 0 Å². The van der Waals surface area contributed by atoms with Gasteiger partial charge in [0, 0.05) is 29.1 Å². The van der Waals surface area contributed by atoms with E-state index in [1.165, 1.54) is 12.1 Å². The molecule has 0 radical (unpaired) electrons. The molecule has 1 aliphatic rings. The smallest absolute Gasteiger partial charge is 0.264 e. The van der Waals surface area contributed by atoms with Crippen LogP contribution in [0.2, 0.25) is 0 Å². The number of amides is 1. The number of carbonyl (C=O) groups is 1. The molecule has 49 heavy (non-hydrogen) atoms. The lowest BCUT2D eigenvalue weighted by Gasteiger charge is -2.32. The number of sulfonamides is 1. The number of hydrogen-bond donors (Lipinski definition) is 1. The summed E-state index contributed by atoms with van der Waals surface area (Å²) in [6.07, 6.45) is 5.91. The third-order valence-corrected chi connectivity index (χ3v) is 9.84. The molecule has 3 heterocycles. The lowest BCUT2D eigenvalue weighted by atomic mass is 9.91. The van der Waals surface area contributed by atoms with Gasteiger partial charge in [0.25, 0.3) is 15.9 Å². The number of rotatable bonds is 9. The molecule has 1 atom stereocenters. The summed E-state index contributed by atoms with van der Waals surface area (Å²) in [4.78, 5) is 34.6. The quantitative estimate of drug-likeness (QED) is 0.196. The highest BCUT2D eigenvalue weighted by Crippen LogP contribution is 2.35. The summed E-state index contributed by atoms with van der Waals surface area (Å²) in [5.74, 6) is 1.37. The SMILES string of the molecule is Cc1cccc(CC(C)C)c1-c1nc2nc(c1C)OC[C@@H](CC(C)C)N(Cc1ncc(CC(C)C)cn1)C(=O)c1cccc(c1)S(=O)(=O)N2. The Labute approximate surface area is 290 Å². The van der Waals surface area contributed by atoms with Crippen LogP contribution in [0.1, 0.15) is 86.4 Å². The number of hydrogen-bond acceptors (Lipinski definition) is 8. The summed E-state index contributed by atoms with van der Waals surface area (Å²) in [7, 11) is -4.18. The van der Waals surface area contributed by atoms with E-state index in [9.17, 15) is 13.2 Å². The Morgan fingerprint density at radius 1 is 0.918 bits per heavy atom. The molecule has 1 N–H and O–H groups in total. The van der Waals surface area contributed by atoms with E-state index >= 15 is 0 Å². The van der Waals surface area contributed by atoms with Gasteiger partial charge in [0.2, 0.25) is 11.8 Å². The number of aromatic nitrogens is 4. The Kier molecular flexibility index (Phi) is 11.0. The second kappa shape index (κ2) is 15.0. The van der Waals surface area contributed by atoms with E-state index in [4.69, 9.17) is 9.72 Å². The van der Waals surface area contributed by atoms with Crippen molar-refractivity contribution in [1.82, 2.24) is 24.8 Å². The molecular formula is C38H48N6O4S. The van der Waals surface area contributed by atoms with Crippen LogP contribution in [0.3, 0.4) is 0 Å². The summed E-state index contributed by atoms with van der Waals surface area (Å²) in [6.45, 7) is 17.0. The first-order chi connectivity index (χ1) is 23.2. The predicted octanol–water partition coefficient (Wildman–Crippen LogP) is 7.20. The molecule has 10 nitrogen and oxygen atoms in total. The molecule has 0 saturated carbocycles. The van der Waals surface area contributed by atoms with Gasteiger partial charge in [-0.25, -0.2) is 28.1 Å². The molecule has 5 rings (SSSR count). The van der Waals surface area contributed by atoms with E-state index in [0.717, 1.165) is 35.1 Å². The molecule has 0 aliphatic carbocycles. The maximum absolute atomic E-state index is 14.4. The molecule has 0 fully saturated rings. The van der Waals surface area contributed by atoms with Crippen molar-refractivity contribution in [3.8, 4) is 17.1 Å². The fourth-order valence-corrected chi connectivity index (χ4v) is 7.30. The topological polar surface area (TPSA) is 127 Å². The predicted molar refractivity (Wildman–Crippen MR) is 192 cm³/mol. The van der Waals surface area contributed by atoms with Crippen LogP contribution in [0.4, 0.5) is 5.95 Å². The van der Waals surface area contributed by atoms with Gasteiger partial charge in [-0.1, -0.05) is 65.8 Å². The number of nitrogens with one attached hydrogen (secondary N) is 1. The third-order valence-electron chi connectivity index (χ3n) is 8.51. The van der Waals surface area contributed by atoms with E-state index in [2.05, 4.69) is 67.3 Å². The van der Waals surface area contributed by atoms with Crippen LogP contribution >= 0.6 is 0 Å². The molecule has 4 bridgehead atoms. The van der Waals surface area contributed by atoms with Gasteiger partial charge in [-0.3, -0.25) is 4.79 Å². The second-order valence-electron chi connectivity index (χ2n) is 14.3. The summed E-state index contributed by atoms with van der Waals surface area (Å²) < 4.78 is 36.7. The Balaban J connectivity index is 1.66. The minimum absolute atomic E-state index is 0.0724. The fourth-order valence-electron chi connectivity index (χ4n) is 6.31. The average Bonchev–Trinajstić information content (AvgIpc) is 3.03. The summed E-state index contributed by atoms with van der Waals surface area (Å²) in [5, 5.41) is 0. The summed E-state index contributed by atoms with van der Waals surface area (Å²) in [6, 6.07) is 11.8. The third kappa shape index (κ3) is 8.62.